The number of hydrogen-bond donors (Lipinski definition) is 1. The van der Waals surface area contributed by atoms with Crippen molar-refractivity contribution in [3.63, 3.8) is 0 Å². The van der Waals surface area contributed by atoms with Crippen molar-refractivity contribution in [1.29, 1.82) is 0 Å². The highest BCUT2D eigenvalue weighted by Crippen LogP contribution is 2.35. The number of amides is 1. The van der Waals surface area contributed by atoms with E-state index in [1.165, 1.54) is 11.4 Å². The maximum atomic E-state index is 13.5. The molecule has 0 atom stereocenters. The van der Waals surface area contributed by atoms with Crippen molar-refractivity contribution in [3.05, 3.63) is 28.3 Å². The number of aryl methyl sites for hydroxylation is 2. The lowest BCUT2D eigenvalue weighted by Gasteiger charge is -2.39. The van der Waals surface area contributed by atoms with E-state index >= 15 is 0 Å². The van der Waals surface area contributed by atoms with Gasteiger partial charge in [-0.2, -0.15) is 4.31 Å². The number of methoxy groups -OCH3 is 1. The fourth-order valence-corrected chi connectivity index (χ4v) is 7.27. The quantitative estimate of drug-likeness (QED) is 0.653. The molecule has 184 valence electrons. The Labute approximate surface area is 198 Å². The van der Waals surface area contributed by atoms with Gasteiger partial charge in [-0.25, -0.2) is 13.2 Å². The van der Waals surface area contributed by atoms with Crippen molar-refractivity contribution in [2.75, 3.05) is 20.2 Å². The molecule has 0 aromatic heterocycles. The number of piperidine rings is 1. The summed E-state index contributed by atoms with van der Waals surface area (Å²) in [6.07, 6.45) is 3.74. The van der Waals surface area contributed by atoms with Crippen molar-refractivity contribution in [2.24, 2.45) is 11.8 Å². The van der Waals surface area contributed by atoms with Gasteiger partial charge in [-0.05, 0) is 94.4 Å². The number of ether oxygens (including phenoxy) is 1. The van der Waals surface area contributed by atoms with Gasteiger partial charge in [0.25, 0.3) is 0 Å². The third-order valence-corrected chi connectivity index (χ3v) is 9.96. The molecule has 2 fully saturated rings. The first-order valence-electron chi connectivity index (χ1n) is 11.9. The van der Waals surface area contributed by atoms with Crippen LogP contribution in [0.15, 0.2) is 11.0 Å². The molecule has 8 heteroatoms. The first kappa shape index (κ1) is 25.7. The Morgan fingerprint density at radius 2 is 1.52 bits per heavy atom. The highest BCUT2D eigenvalue weighted by molar-refractivity contribution is 7.89. The van der Waals surface area contributed by atoms with Gasteiger partial charge in [-0.1, -0.05) is 13.0 Å². The van der Waals surface area contributed by atoms with E-state index in [-0.39, 0.29) is 30.9 Å². The average Bonchev–Trinajstić information content (AvgIpc) is 2.79. The number of rotatable bonds is 5. The normalized spacial score (nSPS) is 25.0. The van der Waals surface area contributed by atoms with E-state index in [1.807, 2.05) is 33.8 Å². The van der Waals surface area contributed by atoms with E-state index in [0.29, 0.717) is 36.5 Å². The number of nitrogens with zero attached hydrogens (tertiary/aromatic N) is 1. The second kappa shape index (κ2) is 9.74. The Morgan fingerprint density at radius 3 is 2.00 bits per heavy atom. The first-order chi connectivity index (χ1) is 15.4. The minimum atomic E-state index is -3.65. The van der Waals surface area contributed by atoms with Crippen molar-refractivity contribution in [3.8, 4) is 0 Å². The molecule has 1 aliphatic carbocycles. The molecule has 33 heavy (non-hydrogen) atoms. The van der Waals surface area contributed by atoms with E-state index in [1.54, 1.807) is 0 Å². The molecule has 1 aliphatic heterocycles. The summed E-state index contributed by atoms with van der Waals surface area (Å²) in [7, 11) is -2.30. The van der Waals surface area contributed by atoms with Gasteiger partial charge in [0.1, 0.15) is 5.54 Å². The zero-order chi connectivity index (χ0) is 24.6. The van der Waals surface area contributed by atoms with E-state index in [9.17, 15) is 18.0 Å². The minimum absolute atomic E-state index is 0.175. The van der Waals surface area contributed by atoms with Crippen molar-refractivity contribution in [1.82, 2.24) is 9.62 Å². The third kappa shape index (κ3) is 4.97. The van der Waals surface area contributed by atoms with Gasteiger partial charge in [0, 0.05) is 19.0 Å². The predicted octanol–water partition coefficient (Wildman–Crippen LogP) is 3.56. The first-order valence-corrected chi connectivity index (χ1v) is 13.3. The molecule has 1 saturated carbocycles. The second-order valence-electron chi connectivity index (χ2n) is 10.0. The van der Waals surface area contributed by atoms with Crippen LogP contribution in [0.2, 0.25) is 0 Å². The molecule has 0 unspecified atom stereocenters. The van der Waals surface area contributed by atoms with Crippen LogP contribution in [0.25, 0.3) is 0 Å². The molecule has 0 bridgehead atoms. The van der Waals surface area contributed by atoms with Gasteiger partial charge in [0.2, 0.25) is 15.9 Å². The fourth-order valence-electron chi connectivity index (χ4n) is 5.22. The van der Waals surface area contributed by atoms with Crippen LogP contribution in [0.4, 0.5) is 0 Å². The minimum Gasteiger partial charge on any atom is -0.467 e. The molecule has 3 rings (SSSR count). The van der Waals surface area contributed by atoms with E-state index in [0.717, 1.165) is 35.1 Å². The lowest BCUT2D eigenvalue weighted by molar-refractivity contribution is -0.153. The predicted molar refractivity (Wildman–Crippen MR) is 127 cm³/mol. The molecule has 1 aromatic carbocycles. The molecule has 7 nitrogen and oxygen atoms in total. The SMILES string of the molecule is COC(=O)C1(NC(=O)C2CCN(S(=O)(=O)c3c(C)c(C)cc(C)c3C)CC2)CCC(C)CC1. The van der Waals surface area contributed by atoms with Crippen molar-refractivity contribution < 1.29 is 22.7 Å². The molecule has 2 aliphatic rings. The molecule has 1 amide bonds. The van der Waals surface area contributed by atoms with Crippen molar-refractivity contribution in [2.45, 2.75) is 83.6 Å². The van der Waals surface area contributed by atoms with Gasteiger partial charge >= 0.3 is 5.97 Å². The summed E-state index contributed by atoms with van der Waals surface area (Å²) in [4.78, 5) is 26.1. The van der Waals surface area contributed by atoms with Crippen LogP contribution in [-0.4, -0.2) is 50.3 Å². The van der Waals surface area contributed by atoms with Crippen molar-refractivity contribution >= 4 is 21.9 Å². The zero-order valence-corrected chi connectivity index (χ0v) is 21.6. The number of carbonyl (C=O) groups excluding carboxylic acids is 2. The fraction of sp³-hybridized carbons (Fsp3) is 0.680. The monoisotopic (exact) mass is 478 g/mol. The van der Waals surface area contributed by atoms with Crippen LogP contribution in [0, 0.1) is 39.5 Å². The van der Waals surface area contributed by atoms with Gasteiger partial charge < -0.3 is 10.1 Å². The largest absolute Gasteiger partial charge is 0.467 e. The Bertz CT molecular complexity index is 991. The summed E-state index contributed by atoms with van der Waals surface area (Å²) in [5.74, 6) is -0.363. The van der Waals surface area contributed by atoms with E-state index in [2.05, 4.69) is 12.2 Å². The number of esters is 1. The summed E-state index contributed by atoms with van der Waals surface area (Å²) in [5, 5.41) is 3.01. The van der Waals surface area contributed by atoms with Gasteiger partial charge in [-0.15, -0.1) is 0 Å². The Balaban J connectivity index is 1.72. The Hall–Kier alpha value is -1.93. The maximum absolute atomic E-state index is 13.5. The standard InChI is InChI=1S/C25H38N2O5S/c1-16-7-11-25(12-8-16,24(29)32-6)26-23(28)21-9-13-27(14-10-21)33(30,31)22-19(4)17(2)15-18(3)20(22)5/h15-16,21H,7-14H2,1-6H3,(H,26,28). The van der Waals surface area contributed by atoms with Gasteiger partial charge in [0.05, 0.1) is 12.0 Å². The Morgan fingerprint density at radius 1 is 1.00 bits per heavy atom. The summed E-state index contributed by atoms with van der Waals surface area (Å²) >= 11 is 0. The molecule has 0 spiro atoms. The van der Waals surface area contributed by atoms with Crippen LogP contribution in [0.5, 0.6) is 0 Å². The Kier molecular flexibility index (Phi) is 7.58. The molecule has 1 aromatic rings. The van der Waals surface area contributed by atoms with Crippen LogP contribution in [0.3, 0.4) is 0 Å². The summed E-state index contributed by atoms with van der Waals surface area (Å²) in [5.41, 5.74) is 2.52. The number of sulfonamides is 1. The van der Waals surface area contributed by atoms with Crippen LogP contribution >= 0.6 is 0 Å². The van der Waals surface area contributed by atoms with Crippen LogP contribution in [0.1, 0.15) is 67.7 Å². The molecular formula is C25H38N2O5S. The summed E-state index contributed by atoms with van der Waals surface area (Å²) < 4.78 is 33.5. The lowest BCUT2D eigenvalue weighted by Crippen LogP contribution is -2.58. The van der Waals surface area contributed by atoms with E-state index in [4.69, 9.17) is 4.74 Å². The number of benzene rings is 1. The number of carbonyl (C=O) groups is 2. The number of hydrogen-bond acceptors (Lipinski definition) is 5. The average molecular weight is 479 g/mol. The lowest BCUT2D eigenvalue weighted by atomic mass is 9.76. The van der Waals surface area contributed by atoms with Gasteiger partial charge in [0.15, 0.2) is 0 Å². The summed E-state index contributed by atoms with van der Waals surface area (Å²) in [6.45, 7) is 10.3. The molecule has 1 saturated heterocycles. The second-order valence-corrected chi connectivity index (χ2v) is 11.9. The van der Waals surface area contributed by atoms with Crippen LogP contribution < -0.4 is 5.32 Å². The van der Waals surface area contributed by atoms with Gasteiger partial charge in [-0.3, -0.25) is 4.79 Å². The molecule has 1 heterocycles. The maximum Gasteiger partial charge on any atom is 0.331 e. The topological polar surface area (TPSA) is 92.8 Å². The molecule has 0 radical (unpaired) electrons. The van der Waals surface area contributed by atoms with Crippen LogP contribution in [-0.2, 0) is 24.3 Å². The van der Waals surface area contributed by atoms with E-state index < -0.39 is 15.6 Å². The smallest absolute Gasteiger partial charge is 0.331 e. The third-order valence-electron chi connectivity index (χ3n) is 7.79. The highest BCUT2D eigenvalue weighted by Gasteiger charge is 2.45. The number of nitrogens with one attached hydrogen (secondary N) is 1. The molecule has 1 N–H and O–H groups in total. The highest BCUT2D eigenvalue weighted by atomic mass is 32.2. The zero-order valence-electron chi connectivity index (χ0n) is 20.8. The molecular weight excluding hydrogens is 440 g/mol. The summed E-state index contributed by atoms with van der Waals surface area (Å²) in [6, 6.07) is 2.02.